The summed E-state index contributed by atoms with van der Waals surface area (Å²) < 4.78 is 0. The molecule has 1 fully saturated rings. The maximum absolute atomic E-state index is 4.89. The van der Waals surface area contributed by atoms with Crippen LogP contribution in [0.4, 0.5) is 5.82 Å². The zero-order valence-corrected chi connectivity index (χ0v) is 15.7. The fourth-order valence-corrected chi connectivity index (χ4v) is 3.59. The molecule has 7 heteroatoms. The maximum atomic E-state index is 4.89. The SMILES string of the molecule is Cc1cncc(-c2cc3c(-c4cccc(N5CCNCC5)n4)n[nH]c3cn2)c1. The van der Waals surface area contributed by atoms with Crippen molar-refractivity contribution in [3.8, 4) is 22.6 Å². The number of nitrogens with one attached hydrogen (secondary N) is 2. The minimum atomic E-state index is 0.844. The van der Waals surface area contributed by atoms with Gasteiger partial charge in [-0.1, -0.05) is 6.07 Å². The molecule has 0 spiro atoms. The van der Waals surface area contributed by atoms with E-state index >= 15 is 0 Å². The molecule has 2 N–H and O–H groups in total. The number of nitrogens with zero attached hydrogens (tertiary/aromatic N) is 5. The first-order chi connectivity index (χ1) is 13.8. The zero-order valence-electron chi connectivity index (χ0n) is 15.7. The van der Waals surface area contributed by atoms with Crippen LogP contribution in [0.15, 0.2) is 48.9 Å². The van der Waals surface area contributed by atoms with Crippen molar-refractivity contribution in [3.63, 3.8) is 0 Å². The molecule has 0 unspecified atom stereocenters. The Kier molecular flexibility index (Phi) is 4.21. The first-order valence-electron chi connectivity index (χ1n) is 9.47. The van der Waals surface area contributed by atoms with E-state index in [-0.39, 0.29) is 0 Å². The molecule has 1 saturated heterocycles. The van der Waals surface area contributed by atoms with Crippen LogP contribution >= 0.6 is 0 Å². The van der Waals surface area contributed by atoms with Crippen LogP contribution in [0, 0.1) is 6.92 Å². The van der Waals surface area contributed by atoms with E-state index < -0.39 is 0 Å². The molecule has 7 nitrogen and oxygen atoms in total. The summed E-state index contributed by atoms with van der Waals surface area (Å²) in [5, 5.41) is 12.0. The van der Waals surface area contributed by atoms with Gasteiger partial charge in [-0.2, -0.15) is 5.10 Å². The Bertz CT molecular complexity index is 1130. The zero-order chi connectivity index (χ0) is 18.9. The standard InChI is InChI=1S/C21H21N7/c1-14-9-15(12-23-11-14)18-10-16-19(13-24-18)26-27-21(16)17-3-2-4-20(25-17)28-7-5-22-6-8-28/h2-4,9-13,22H,5-8H2,1H3,(H,26,27). The number of hydrogen-bond donors (Lipinski definition) is 2. The Balaban J connectivity index is 1.57. The number of aromatic nitrogens is 5. The predicted octanol–water partition coefficient (Wildman–Crippen LogP) is 2.80. The van der Waals surface area contributed by atoms with Crippen molar-refractivity contribution in [3.05, 3.63) is 54.5 Å². The average Bonchev–Trinajstić information content (AvgIpc) is 3.18. The van der Waals surface area contributed by atoms with E-state index in [1.807, 2.05) is 37.6 Å². The number of pyridine rings is 3. The van der Waals surface area contributed by atoms with Gasteiger partial charge in [0.15, 0.2) is 0 Å². The van der Waals surface area contributed by atoms with Crippen LogP contribution in [-0.2, 0) is 0 Å². The summed E-state index contributed by atoms with van der Waals surface area (Å²) >= 11 is 0. The van der Waals surface area contributed by atoms with Gasteiger partial charge < -0.3 is 10.2 Å². The van der Waals surface area contributed by atoms with Crippen LogP contribution in [-0.4, -0.2) is 51.3 Å². The summed E-state index contributed by atoms with van der Waals surface area (Å²) in [5.74, 6) is 0.993. The average molecular weight is 371 g/mol. The lowest BCUT2D eigenvalue weighted by Gasteiger charge is -2.28. The molecule has 1 aliphatic heterocycles. The van der Waals surface area contributed by atoms with Gasteiger partial charge in [0.05, 0.1) is 23.1 Å². The van der Waals surface area contributed by atoms with E-state index in [9.17, 15) is 0 Å². The molecule has 0 bridgehead atoms. The van der Waals surface area contributed by atoms with Crippen molar-refractivity contribution in [2.75, 3.05) is 31.1 Å². The van der Waals surface area contributed by atoms with E-state index in [4.69, 9.17) is 4.98 Å². The highest BCUT2D eigenvalue weighted by Gasteiger charge is 2.15. The molecule has 140 valence electrons. The number of H-pyrrole nitrogens is 1. The highest BCUT2D eigenvalue weighted by Crippen LogP contribution is 2.29. The molecule has 5 rings (SSSR count). The Morgan fingerprint density at radius 2 is 1.89 bits per heavy atom. The van der Waals surface area contributed by atoms with Gasteiger partial charge in [0, 0.05) is 49.5 Å². The molecule has 5 heterocycles. The summed E-state index contributed by atoms with van der Waals surface area (Å²) in [5.41, 5.74) is 5.59. The van der Waals surface area contributed by atoms with Gasteiger partial charge in [-0.3, -0.25) is 15.1 Å². The van der Waals surface area contributed by atoms with Crippen LogP contribution in [0.3, 0.4) is 0 Å². The maximum Gasteiger partial charge on any atom is 0.129 e. The molecule has 4 aromatic rings. The molecule has 28 heavy (non-hydrogen) atoms. The first kappa shape index (κ1) is 16.8. The van der Waals surface area contributed by atoms with Gasteiger partial charge in [0.25, 0.3) is 0 Å². The largest absolute Gasteiger partial charge is 0.354 e. The second-order valence-electron chi connectivity index (χ2n) is 7.06. The van der Waals surface area contributed by atoms with Crippen LogP contribution < -0.4 is 10.2 Å². The summed E-state index contributed by atoms with van der Waals surface area (Å²) in [6.45, 7) is 5.93. The molecule has 0 radical (unpaired) electrons. The van der Waals surface area contributed by atoms with E-state index in [1.165, 1.54) is 0 Å². The Morgan fingerprint density at radius 1 is 1.00 bits per heavy atom. The molecular formula is C21H21N7. The third-order valence-corrected chi connectivity index (χ3v) is 5.04. The Morgan fingerprint density at radius 3 is 2.75 bits per heavy atom. The smallest absolute Gasteiger partial charge is 0.129 e. The van der Waals surface area contributed by atoms with Crippen LogP contribution in [0.2, 0.25) is 0 Å². The van der Waals surface area contributed by atoms with Crippen molar-refractivity contribution in [2.45, 2.75) is 6.92 Å². The summed E-state index contributed by atoms with van der Waals surface area (Å²) in [7, 11) is 0. The van der Waals surface area contributed by atoms with Crippen LogP contribution in [0.5, 0.6) is 0 Å². The summed E-state index contributed by atoms with van der Waals surface area (Å²) in [4.78, 5) is 16.0. The Labute approximate surface area is 162 Å². The van der Waals surface area contributed by atoms with Crippen molar-refractivity contribution >= 4 is 16.7 Å². The number of aryl methyl sites for hydroxylation is 1. The number of piperazine rings is 1. The van der Waals surface area contributed by atoms with Gasteiger partial charge in [-0.15, -0.1) is 0 Å². The normalized spacial score (nSPS) is 14.5. The fraction of sp³-hybridized carbons (Fsp3) is 0.238. The minimum absolute atomic E-state index is 0.844. The molecule has 4 aromatic heterocycles. The molecule has 1 aliphatic rings. The van der Waals surface area contributed by atoms with Crippen molar-refractivity contribution in [1.29, 1.82) is 0 Å². The van der Waals surface area contributed by atoms with Crippen molar-refractivity contribution in [1.82, 2.24) is 30.5 Å². The topological polar surface area (TPSA) is 82.6 Å². The minimum Gasteiger partial charge on any atom is -0.354 e. The van der Waals surface area contributed by atoms with Crippen LogP contribution in [0.1, 0.15) is 5.56 Å². The van der Waals surface area contributed by atoms with Gasteiger partial charge in [-0.05, 0) is 36.8 Å². The Hall–Kier alpha value is -3.32. The molecule has 0 saturated carbocycles. The van der Waals surface area contributed by atoms with E-state index in [2.05, 4.69) is 48.6 Å². The predicted molar refractivity (Wildman–Crippen MR) is 110 cm³/mol. The molecule has 0 aliphatic carbocycles. The third-order valence-electron chi connectivity index (χ3n) is 5.04. The monoisotopic (exact) mass is 371 g/mol. The second kappa shape index (κ2) is 7.01. The molecule has 0 amide bonds. The number of rotatable bonds is 3. The number of fused-ring (bicyclic) bond motifs is 1. The summed E-state index contributed by atoms with van der Waals surface area (Å²) in [6.07, 6.45) is 5.50. The molecule has 0 aromatic carbocycles. The van der Waals surface area contributed by atoms with E-state index in [0.717, 1.165) is 71.1 Å². The van der Waals surface area contributed by atoms with Crippen molar-refractivity contribution < 1.29 is 0 Å². The van der Waals surface area contributed by atoms with Gasteiger partial charge in [0.2, 0.25) is 0 Å². The quantitative estimate of drug-likeness (QED) is 0.576. The second-order valence-corrected chi connectivity index (χ2v) is 7.06. The molecular weight excluding hydrogens is 350 g/mol. The van der Waals surface area contributed by atoms with Gasteiger partial charge in [0.1, 0.15) is 11.5 Å². The lowest BCUT2D eigenvalue weighted by molar-refractivity contribution is 0.585. The fourth-order valence-electron chi connectivity index (χ4n) is 3.59. The van der Waals surface area contributed by atoms with Gasteiger partial charge >= 0.3 is 0 Å². The lowest BCUT2D eigenvalue weighted by atomic mass is 10.1. The van der Waals surface area contributed by atoms with Crippen molar-refractivity contribution in [2.24, 2.45) is 0 Å². The lowest BCUT2D eigenvalue weighted by Crippen LogP contribution is -2.43. The first-order valence-corrected chi connectivity index (χ1v) is 9.47. The van der Waals surface area contributed by atoms with E-state index in [0.29, 0.717) is 0 Å². The highest BCUT2D eigenvalue weighted by atomic mass is 15.2. The number of hydrogen-bond acceptors (Lipinski definition) is 6. The third kappa shape index (κ3) is 3.10. The van der Waals surface area contributed by atoms with E-state index in [1.54, 1.807) is 0 Å². The summed E-state index contributed by atoms with van der Waals surface area (Å²) in [6, 6.07) is 10.3. The van der Waals surface area contributed by atoms with Gasteiger partial charge in [-0.25, -0.2) is 4.98 Å². The number of aromatic amines is 1. The van der Waals surface area contributed by atoms with Crippen LogP contribution in [0.25, 0.3) is 33.5 Å². The number of anilines is 1. The highest BCUT2D eigenvalue weighted by molar-refractivity contribution is 5.93. The molecule has 0 atom stereocenters.